The number of hydrogen-bond acceptors (Lipinski definition) is 5. The summed E-state index contributed by atoms with van der Waals surface area (Å²) >= 11 is 4.27. The number of esters is 2. The number of aromatic nitrogens is 1. The third-order valence-corrected chi connectivity index (χ3v) is 3.11. The smallest absolute Gasteiger partial charge is 0.356 e. The minimum Gasteiger partial charge on any atom is -0.464 e. The highest BCUT2D eigenvalue weighted by molar-refractivity contribution is 7.80. The molecular weight excluding hydrogens is 266 g/mol. The molecule has 0 saturated carbocycles. The van der Waals surface area contributed by atoms with Crippen LogP contribution in [0.3, 0.4) is 0 Å². The van der Waals surface area contributed by atoms with Crippen LogP contribution in [0.25, 0.3) is 5.52 Å². The topological polar surface area (TPSA) is 57.0 Å². The van der Waals surface area contributed by atoms with E-state index in [1.807, 2.05) is 0 Å². The van der Waals surface area contributed by atoms with Gasteiger partial charge in [0.15, 0.2) is 0 Å². The molecule has 2 aromatic heterocycles. The molecule has 0 spiro atoms. The van der Waals surface area contributed by atoms with Gasteiger partial charge < -0.3 is 13.9 Å². The number of ether oxygens (including phenoxy) is 2. The minimum atomic E-state index is -0.554. The van der Waals surface area contributed by atoms with E-state index in [0.717, 1.165) is 0 Å². The van der Waals surface area contributed by atoms with Gasteiger partial charge in [-0.15, -0.1) is 12.6 Å². The van der Waals surface area contributed by atoms with Crippen molar-refractivity contribution in [3.8, 4) is 0 Å². The fourth-order valence-electron chi connectivity index (χ4n) is 1.89. The molecule has 2 heterocycles. The number of nitrogens with zero attached hydrogens (tertiary/aromatic N) is 1. The fourth-order valence-corrected chi connectivity index (χ4v) is 2.30. The van der Waals surface area contributed by atoms with Gasteiger partial charge in [-0.1, -0.05) is 6.07 Å². The summed E-state index contributed by atoms with van der Waals surface area (Å²) in [7, 11) is 1.28. The second-order valence-electron chi connectivity index (χ2n) is 3.74. The van der Waals surface area contributed by atoms with E-state index in [2.05, 4.69) is 12.6 Å². The summed E-state index contributed by atoms with van der Waals surface area (Å²) < 4.78 is 11.3. The Bertz CT molecular complexity index is 647. The lowest BCUT2D eigenvalue weighted by molar-refractivity contribution is 0.0525. The van der Waals surface area contributed by atoms with Crippen LogP contribution in [-0.2, 0) is 9.47 Å². The molecule has 5 nitrogen and oxygen atoms in total. The van der Waals surface area contributed by atoms with Crippen molar-refractivity contribution in [3.05, 3.63) is 35.7 Å². The molecule has 0 aliphatic rings. The van der Waals surface area contributed by atoms with Crippen LogP contribution in [0.1, 0.15) is 27.8 Å². The summed E-state index contributed by atoms with van der Waals surface area (Å²) in [6, 6.07) is 5.24. The van der Waals surface area contributed by atoms with Crippen LogP contribution in [0.2, 0.25) is 0 Å². The summed E-state index contributed by atoms with van der Waals surface area (Å²) in [6.07, 6.45) is 1.67. The molecule has 0 fully saturated rings. The Morgan fingerprint density at radius 3 is 2.68 bits per heavy atom. The molecular formula is C13H13NO4S. The maximum absolute atomic E-state index is 12.0. The molecule has 0 unspecified atom stereocenters. The first-order valence-electron chi connectivity index (χ1n) is 5.69. The Labute approximate surface area is 115 Å². The lowest BCUT2D eigenvalue weighted by Gasteiger charge is -2.01. The van der Waals surface area contributed by atoms with Crippen LogP contribution in [0.4, 0.5) is 0 Å². The lowest BCUT2D eigenvalue weighted by Crippen LogP contribution is -2.06. The molecule has 2 aromatic rings. The third-order valence-electron chi connectivity index (χ3n) is 2.68. The molecule has 0 saturated heterocycles. The van der Waals surface area contributed by atoms with E-state index in [-0.39, 0.29) is 22.8 Å². The minimum absolute atomic E-state index is 0.212. The number of methoxy groups -OCH3 is 1. The van der Waals surface area contributed by atoms with Crippen LogP contribution in [0.15, 0.2) is 29.3 Å². The number of fused-ring (bicyclic) bond motifs is 1. The first-order valence-corrected chi connectivity index (χ1v) is 6.14. The van der Waals surface area contributed by atoms with Crippen LogP contribution < -0.4 is 0 Å². The van der Waals surface area contributed by atoms with Crippen molar-refractivity contribution in [2.75, 3.05) is 13.7 Å². The largest absolute Gasteiger partial charge is 0.464 e. The van der Waals surface area contributed by atoms with Crippen molar-refractivity contribution in [2.24, 2.45) is 0 Å². The van der Waals surface area contributed by atoms with Crippen molar-refractivity contribution < 1.29 is 19.1 Å². The van der Waals surface area contributed by atoms with Gasteiger partial charge in [0.2, 0.25) is 0 Å². The van der Waals surface area contributed by atoms with E-state index >= 15 is 0 Å². The summed E-state index contributed by atoms with van der Waals surface area (Å²) in [5.74, 6) is -1.06. The number of carbonyl (C=O) groups excluding carboxylic acids is 2. The number of hydrogen-bond donors (Lipinski definition) is 1. The maximum atomic E-state index is 12.0. The molecule has 2 rings (SSSR count). The molecule has 100 valence electrons. The zero-order chi connectivity index (χ0) is 14.0. The molecule has 19 heavy (non-hydrogen) atoms. The quantitative estimate of drug-likeness (QED) is 0.691. The Morgan fingerprint density at radius 2 is 2.05 bits per heavy atom. The van der Waals surface area contributed by atoms with Gasteiger partial charge in [0, 0.05) is 6.20 Å². The summed E-state index contributed by atoms with van der Waals surface area (Å²) in [4.78, 5) is 24.0. The molecule has 0 N–H and O–H groups in total. The van der Waals surface area contributed by atoms with E-state index < -0.39 is 11.9 Å². The van der Waals surface area contributed by atoms with Crippen molar-refractivity contribution in [2.45, 2.75) is 11.8 Å². The van der Waals surface area contributed by atoms with Gasteiger partial charge >= 0.3 is 11.9 Å². The van der Waals surface area contributed by atoms with Crippen molar-refractivity contribution in [1.29, 1.82) is 0 Å². The normalized spacial score (nSPS) is 10.5. The second kappa shape index (κ2) is 5.36. The fraction of sp³-hybridized carbons (Fsp3) is 0.231. The van der Waals surface area contributed by atoms with E-state index in [0.29, 0.717) is 5.52 Å². The first kappa shape index (κ1) is 13.5. The highest BCUT2D eigenvalue weighted by atomic mass is 32.1. The highest BCUT2D eigenvalue weighted by Gasteiger charge is 2.26. The molecule has 0 bridgehead atoms. The maximum Gasteiger partial charge on any atom is 0.356 e. The van der Waals surface area contributed by atoms with Gasteiger partial charge in [-0.2, -0.15) is 0 Å². The van der Waals surface area contributed by atoms with Crippen molar-refractivity contribution in [3.63, 3.8) is 0 Å². The predicted octanol–water partition coefficient (Wildman–Crippen LogP) is 2.19. The molecule has 0 aliphatic carbocycles. The lowest BCUT2D eigenvalue weighted by atomic mass is 10.2. The van der Waals surface area contributed by atoms with Gasteiger partial charge in [-0.25, -0.2) is 9.59 Å². The Kier molecular flexibility index (Phi) is 3.80. The number of carbonyl (C=O) groups is 2. The van der Waals surface area contributed by atoms with Crippen molar-refractivity contribution in [1.82, 2.24) is 4.40 Å². The predicted molar refractivity (Wildman–Crippen MR) is 71.9 cm³/mol. The number of rotatable bonds is 3. The zero-order valence-corrected chi connectivity index (χ0v) is 11.4. The molecule has 0 atom stereocenters. The number of pyridine rings is 1. The molecule has 0 aromatic carbocycles. The molecule has 0 amide bonds. The second-order valence-corrected chi connectivity index (χ2v) is 4.19. The standard InChI is InChI=1S/C13H13NO4S/c1-3-18-12(15)9-8-6-4-5-7-14(8)10(11(9)19)13(16)17-2/h4-7,19H,3H2,1-2H3. The SMILES string of the molecule is CCOC(=O)c1c(S)c(C(=O)OC)n2ccccc12. The monoisotopic (exact) mass is 279 g/mol. The van der Waals surface area contributed by atoms with Gasteiger partial charge in [0.25, 0.3) is 0 Å². The van der Waals surface area contributed by atoms with Gasteiger partial charge in [0.05, 0.1) is 29.7 Å². The Balaban J connectivity index is 2.74. The van der Waals surface area contributed by atoms with Gasteiger partial charge in [-0.3, -0.25) is 0 Å². The average molecular weight is 279 g/mol. The first-order chi connectivity index (χ1) is 9.11. The molecule has 0 radical (unpaired) electrons. The summed E-state index contributed by atoms with van der Waals surface area (Å²) in [5.41, 5.74) is 1.04. The molecule has 0 aliphatic heterocycles. The van der Waals surface area contributed by atoms with Crippen LogP contribution >= 0.6 is 12.6 Å². The zero-order valence-electron chi connectivity index (χ0n) is 10.5. The molecule has 6 heteroatoms. The van der Waals surface area contributed by atoms with Crippen molar-refractivity contribution >= 4 is 30.1 Å². The third kappa shape index (κ3) is 2.19. The van der Waals surface area contributed by atoms with Gasteiger partial charge in [0.1, 0.15) is 5.69 Å². The Morgan fingerprint density at radius 1 is 1.32 bits per heavy atom. The number of thiol groups is 1. The van der Waals surface area contributed by atoms with E-state index in [1.165, 1.54) is 7.11 Å². The van der Waals surface area contributed by atoms with E-state index in [4.69, 9.17) is 9.47 Å². The summed E-state index contributed by atoms with van der Waals surface area (Å²) in [5, 5.41) is 0. The van der Waals surface area contributed by atoms with Gasteiger partial charge in [-0.05, 0) is 19.1 Å². The van der Waals surface area contributed by atoms with Crippen LogP contribution in [0, 0.1) is 0 Å². The summed E-state index contributed by atoms with van der Waals surface area (Å²) in [6.45, 7) is 1.97. The van der Waals surface area contributed by atoms with E-state index in [9.17, 15) is 9.59 Å². The Hall–Kier alpha value is -1.95. The van der Waals surface area contributed by atoms with E-state index in [1.54, 1.807) is 35.7 Å². The van der Waals surface area contributed by atoms with Crippen LogP contribution in [-0.4, -0.2) is 30.1 Å². The highest BCUT2D eigenvalue weighted by Crippen LogP contribution is 2.28. The van der Waals surface area contributed by atoms with Crippen LogP contribution in [0.5, 0.6) is 0 Å². The average Bonchev–Trinajstić information content (AvgIpc) is 2.70.